The third kappa shape index (κ3) is 11.2. The van der Waals surface area contributed by atoms with Crippen molar-refractivity contribution in [2.45, 2.75) is 0 Å². The average Bonchev–Trinajstić information content (AvgIpc) is 2.46. The van der Waals surface area contributed by atoms with Crippen LogP contribution in [0.4, 0.5) is 9.59 Å². The topological polar surface area (TPSA) is 124 Å². The summed E-state index contributed by atoms with van der Waals surface area (Å²) in [6, 6.07) is 0. The Kier molecular flexibility index (Phi) is 10.2. The second-order valence-corrected chi connectivity index (χ2v) is 3.36. The van der Waals surface area contributed by atoms with Gasteiger partial charge in [0.25, 0.3) is 0 Å². The molecule has 0 radical (unpaired) electrons. The van der Waals surface area contributed by atoms with Crippen LogP contribution in [0.25, 0.3) is 0 Å². The van der Waals surface area contributed by atoms with Crippen LogP contribution < -0.4 is 0 Å². The number of ether oxygens (including phenoxy) is 2. The first kappa shape index (κ1) is 18.7. The molecule has 0 rings (SSSR count). The molecule has 0 amide bonds. The Morgan fingerprint density at radius 2 is 1.14 bits per heavy atom. The zero-order chi connectivity index (χ0) is 16.1. The minimum atomic E-state index is -1.30. The molecule has 0 heterocycles. The van der Waals surface area contributed by atoms with Crippen molar-refractivity contribution < 1.29 is 45.4 Å². The molecular weight excluding hydrogens is 332 g/mol. The summed E-state index contributed by atoms with van der Waals surface area (Å²) in [5, 5.41) is 0. The van der Waals surface area contributed by atoms with Crippen molar-refractivity contribution in [1.82, 2.24) is 0 Å². The van der Waals surface area contributed by atoms with E-state index >= 15 is 0 Å². The van der Waals surface area contributed by atoms with Crippen molar-refractivity contribution in [2.24, 2.45) is 0 Å². The molecule has 0 aromatic carbocycles. The Balaban J connectivity index is 3.59. The smallest absolute Gasteiger partial charge is 0.395 e. The molecule has 116 valence electrons. The first-order chi connectivity index (χ1) is 9.99. The molecule has 0 aliphatic carbocycles. The van der Waals surface area contributed by atoms with Crippen molar-refractivity contribution in [3.63, 3.8) is 0 Å². The molecule has 21 heavy (non-hydrogen) atoms. The van der Waals surface area contributed by atoms with Crippen LogP contribution in [0.15, 0.2) is 25.3 Å². The van der Waals surface area contributed by atoms with E-state index in [4.69, 9.17) is 0 Å². The van der Waals surface area contributed by atoms with Gasteiger partial charge in [-0.05, 0) is 0 Å². The molecule has 0 aromatic heterocycles. The predicted octanol–water partition coefficient (Wildman–Crippen LogP) is 1.84. The second-order valence-electron chi connectivity index (χ2n) is 2.42. The van der Waals surface area contributed by atoms with Crippen LogP contribution in [0.3, 0.4) is 0 Å². The molecule has 0 aliphatic heterocycles. The third-order valence-electron chi connectivity index (χ3n) is 1.12. The van der Waals surface area contributed by atoms with E-state index in [1.165, 1.54) is 0 Å². The lowest BCUT2D eigenvalue weighted by molar-refractivity contribution is -0.129. The Morgan fingerprint density at radius 3 is 1.48 bits per heavy atom. The fourth-order valence-electron chi connectivity index (χ4n) is 0.398. The molecule has 10 nitrogen and oxygen atoms in total. The van der Waals surface area contributed by atoms with Gasteiger partial charge in [0.15, 0.2) is 0 Å². The number of hydrogen-bond acceptors (Lipinski definition) is 12. The summed E-state index contributed by atoms with van der Waals surface area (Å²) in [6.45, 7) is 5.35. The summed E-state index contributed by atoms with van der Waals surface area (Å²) in [7, 11) is 0. The van der Waals surface area contributed by atoms with Crippen LogP contribution in [-0.2, 0) is 35.8 Å². The lowest BCUT2D eigenvalue weighted by atomic mass is 10.7. The zero-order valence-corrected chi connectivity index (χ0v) is 11.8. The fraction of sp³-hybridized carbons (Fsp3) is 0.111. The van der Waals surface area contributed by atoms with Crippen LogP contribution in [-0.4, -0.2) is 31.0 Å². The van der Waals surface area contributed by atoms with Crippen molar-refractivity contribution >= 4 is 48.9 Å². The molecule has 0 atom stereocenters. The molecular formula is C9H8O10S2. The van der Waals surface area contributed by atoms with Gasteiger partial charge in [0.2, 0.25) is 6.79 Å². The molecule has 0 saturated heterocycles. The maximum Gasteiger partial charge on any atom is 0.526 e. The van der Waals surface area contributed by atoms with Crippen molar-refractivity contribution in [3.8, 4) is 0 Å². The van der Waals surface area contributed by atoms with Crippen LogP contribution in [0, 0.1) is 0 Å². The van der Waals surface area contributed by atoms with E-state index < -0.39 is 31.0 Å². The fourth-order valence-corrected chi connectivity index (χ4v) is 0.944. The van der Waals surface area contributed by atoms with E-state index in [2.05, 4.69) is 39.4 Å². The molecule has 0 spiro atoms. The monoisotopic (exact) mass is 340 g/mol. The molecule has 12 heteroatoms. The molecule has 0 bridgehead atoms. The van der Waals surface area contributed by atoms with Gasteiger partial charge in [-0.1, -0.05) is 13.2 Å². The van der Waals surface area contributed by atoms with Gasteiger partial charge in [0.05, 0.1) is 0 Å². The SMILES string of the molecule is C=CC(=O)OSOC(=O)OCOC(=O)OSOC(=O)C=C. The molecule has 0 saturated carbocycles. The van der Waals surface area contributed by atoms with Gasteiger partial charge in [-0.15, -0.1) is 0 Å². The minimum absolute atomic E-state index is 0.0344. The highest BCUT2D eigenvalue weighted by molar-refractivity contribution is 7.90. The molecule has 0 aliphatic rings. The summed E-state index contributed by atoms with van der Waals surface area (Å²) in [5.74, 6) is -1.67. The van der Waals surface area contributed by atoms with Crippen molar-refractivity contribution in [2.75, 3.05) is 6.79 Å². The van der Waals surface area contributed by atoms with Crippen molar-refractivity contribution in [1.29, 1.82) is 0 Å². The van der Waals surface area contributed by atoms with E-state index in [-0.39, 0.29) is 24.6 Å². The second kappa shape index (κ2) is 11.5. The van der Waals surface area contributed by atoms with Crippen LogP contribution >= 0.6 is 24.6 Å². The summed E-state index contributed by atoms with van der Waals surface area (Å²) in [6.07, 6.45) is -0.902. The third-order valence-corrected chi connectivity index (χ3v) is 2.00. The van der Waals surface area contributed by atoms with Gasteiger partial charge in [-0.25, -0.2) is 19.2 Å². The molecule has 0 fully saturated rings. The predicted molar refractivity (Wildman–Crippen MR) is 67.8 cm³/mol. The largest absolute Gasteiger partial charge is 0.526 e. The normalized spacial score (nSPS) is 8.76. The lowest BCUT2D eigenvalue weighted by Crippen LogP contribution is -2.12. The van der Waals surface area contributed by atoms with E-state index in [1.54, 1.807) is 0 Å². The molecule has 0 aromatic rings. The summed E-state index contributed by atoms with van der Waals surface area (Å²) in [4.78, 5) is 42.8. The molecule has 0 unspecified atom stereocenters. The minimum Gasteiger partial charge on any atom is -0.395 e. The van der Waals surface area contributed by atoms with Gasteiger partial charge >= 0.3 is 48.9 Å². The summed E-state index contributed by atoms with van der Waals surface area (Å²) in [5.41, 5.74) is 0. The first-order valence-corrected chi connectivity index (χ1v) is 6.01. The van der Waals surface area contributed by atoms with Gasteiger partial charge in [0.1, 0.15) is 0 Å². The number of carbonyl (C=O) groups is 4. The number of carbonyl (C=O) groups excluding carboxylic acids is 4. The molecule has 0 N–H and O–H groups in total. The Bertz CT molecular complexity index is 383. The summed E-state index contributed by atoms with van der Waals surface area (Å²) >= 11 is 0.0688. The van der Waals surface area contributed by atoms with Crippen LogP contribution in [0.5, 0.6) is 0 Å². The van der Waals surface area contributed by atoms with E-state index in [1.807, 2.05) is 0 Å². The lowest BCUT2D eigenvalue weighted by Gasteiger charge is -2.04. The maximum atomic E-state index is 10.8. The Morgan fingerprint density at radius 1 is 0.762 bits per heavy atom. The summed E-state index contributed by atoms with van der Waals surface area (Å²) < 4.78 is 25.2. The van der Waals surface area contributed by atoms with Gasteiger partial charge < -0.3 is 26.2 Å². The van der Waals surface area contributed by atoms with Crippen LogP contribution in [0.1, 0.15) is 0 Å². The standard InChI is InChI=1S/C9H8O10S2/c1-3-6(10)16-20-18-8(12)14-5-15-9(13)19-21-17-7(11)4-2/h3-4H,1-2,5H2. The van der Waals surface area contributed by atoms with Gasteiger partial charge in [0, 0.05) is 12.2 Å². The first-order valence-electron chi connectivity index (χ1n) is 4.68. The van der Waals surface area contributed by atoms with Gasteiger partial charge in [-0.2, -0.15) is 0 Å². The van der Waals surface area contributed by atoms with E-state index in [0.717, 1.165) is 12.2 Å². The van der Waals surface area contributed by atoms with Crippen molar-refractivity contribution in [3.05, 3.63) is 25.3 Å². The highest BCUT2D eigenvalue weighted by Crippen LogP contribution is 2.08. The average molecular weight is 340 g/mol. The Labute approximate surface area is 127 Å². The highest BCUT2D eigenvalue weighted by Gasteiger charge is 2.11. The Hall–Kier alpha value is -2.34. The van der Waals surface area contributed by atoms with E-state index in [0.29, 0.717) is 0 Å². The number of rotatable bonds is 8. The van der Waals surface area contributed by atoms with E-state index in [9.17, 15) is 19.2 Å². The maximum absolute atomic E-state index is 10.8. The van der Waals surface area contributed by atoms with Gasteiger partial charge in [-0.3, -0.25) is 0 Å². The van der Waals surface area contributed by atoms with Crippen LogP contribution in [0.2, 0.25) is 0 Å². The zero-order valence-electron chi connectivity index (χ0n) is 10.2. The number of hydrogen-bond donors (Lipinski definition) is 0. The quantitative estimate of drug-likeness (QED) is 0.277. The highest BCUT2D eigenvalue weighted by atomic mass is 32.2.